The molecule has 2 aromatic carbocycles. The van der Waals surface area contributed by atoms with Crippen LogP contribution in [0.5, 0.6) is 0 Å². The molecule has 1 aliphatic rings. The maximum Gasteiger partial charge on any atom is 0.323 e. The van der Waals surface area contributed by atoms with Crippen LogP contribution in [0.25, 0.3) is 6.08 Å². The van der Waals surface area contributed by atoms with E-state index in [1.807, 2.05) is 54.6 Å². The highest BCUT2D eigenvalue weighted by Gasteiger charge is 2.25. The number of rotatable bonds is 10. The number of nitrogens with one attached hydrogen (secondary N) is 2. The van der Waals surface area contributed by atoms with E-state index in [-0.39, 0.29) is 18.1 Å². The summed E-state index contributed by atoms with van der Waals surface area (Å²) in [6.07, 6.45) is 8.50. The molecule has 31 heavy (non-hydrogen) atoms. The summed E-state index contributed by atoms with van der Waals surface area (Å²) in [5.41, 5.74) is 4.65. The van der Waals surface area contributed by atoms with Gasteiger partial charge in [-0.05, 0) is 67.8 Å². The van der Waals surface area contributed by atoms with Gasteiger partial charge in [0.15, 0.2) is 0 Å². The van der Waals surface area contributed by atoms with Gasteiger partial charge in [-0.3, -0.25) is 14.8 Å². The average molecular weight is 423 g/mol. The molecule has 6 heteroatoms. The molecule has 1 aliphatic carbocycles. The van der Waals surface area contributed by atoms with E-state index in [0.29, 0.717) is 13.0 Å². The molecule has 2 aromatic rings. The second kappa shape index (κ2) is 12.0. The highest BCUT2D eigenvalue weighted by molar-refractivity contribution is 5.90. The van der Waals surface area contributed by atoms with Crippen molar-refractivity contribution in [2.45, 2.75) is 50.7 Å². The Labute approximate surface area is 183 Å². The number of amides is 1. The molecule has 1 fully saturated rings. The minimum absolute atomic E-state index is 0.0566. The third-order valence-electron chi connectivity index (χ3n) is 5.47. The minimum atomic E-state index is -0.567. The lowest BCUT2D eigenvalue weighted by Crippen LogP contribution is -2.42. The van der Waals surface area contributed by atoms with Crippen LogP contribution in [0, 0.1) is 0 Å². The van der Waals surface area contributed by atoms with Crippen molar-refractivity contribution in [3.63, 3.8) is 0 Å². The van der Waals surface area contributed by atoms with E-state index in [9.17, 15) is 9.59 Å². The number of hydrogen-bond acceptors (Lipinski definition) is 5. The fourth-order valence-corrected chi connectivity index (χ4v) is 3.74. The zero-order valence-corrected chi connectivity index (χ0v) is 17.6. The molecular formula is C25H30N2O4. The Morgan fingerprint density at radius 1 is 1.03 bits per heavy atom. The predicted octanol–water partition coefficient (Wildman–Crippen LogP) is 3.43. The quantitative estimate of drug-likeness (QED) is 0.236. The monoisotopic (exact) mass is 422 g/mol. The predicted molar refractivity (Wildman–Crippen MR) is 119 cm³/mol. The van der Waals surface area contributed by atoms with Crippen LogP contribution in [0.2, 0.25) is 0 Å². The van der Waals surface area contributed by atoms with E-state index in [1.165, 1.54) is 6.08 Å². The van der Waals surface area contributed by atoms with E-state index in [2.05, 4.69) is 5.32 Å². The van der Waals surface area contributed by atoms with E-state index in [1.54, 1.807) is 11.6 Å². The summed E-state index contributed by atoms with van der Waals surface area (Å²) in [6.45, 7) is 0.652. The summed E-state index contributed by atoms with van der Waals surface area (Å²) >= 11 is 0. The minimum Gasteiger partial charge on any atom is -0.461 e. The summed E-state index contributed by atoms with van der Waals surface area (Å²) in [5, 5.41) is 11.9. The lowest BCUT2D eigenvalue weighted by molar-refractivity contribution is -0.151. The Balaban J connectivity index is 1.54. The molecule has 6 nitrogen and oxygen atoms in total. The SMILES string of the molecule is O=C(/C=C/c1ccc(CCN[C@@H](Cc2ccccc2)C(=O)OC2CCCC2)cc1)NO. The normalized spacial score (nSPS) is 15.1. The molecule has 0 aliphatic heterocycles. The number of carbonyl (C=O) groups excluding carboxylic acids is 2. The first-order valence-corrected chi connectivity index (χ1v) is 10.8. The largest absolute Gasteiger partial charge is 0.461 e. The Morgan fingerprint density at radius 3 is 2.42 bits per heavy atom. The summed E-state index contributed by atoms with van der Waals surface area (Å²) in [6, 6.07) is 17.4. The van der Waals surface area contributed by atoms with Crippen molar-refractivity contribution in [2.24, 2.45) is 0 Å². The Morgan fingerprint density at radius 2 is 1.74 bits per heavy atom. The van der Waals surface area contributed by atoms with Gasteiger partial charge in [0.1, 0.15) is 12.1 Å². The third kappa shape index (κ3) is 7.66. The molecule has 0 bridgehead atoms. The van der Waals surface area contributed by atoms with E-state index < -0.39 is 5.91 Å². The molecule has 0 saturated heterocycles. The second-order valence-electron chi connectivity index (χ2n) is 7.84. The first-order valence-electron chi connectivity index (χ1n) is 10.8. The zero-order chi connectivity index (χ0) is 21.9. The molecule has 3 rings (SSSR count). The van der Waals surface area contributed by atoms with Gasteiger partial charge in [-0.1, -0.05) is 54.6 Å². The van der Waals surface area contributed by atoms with Crippen molar-refractivity contribution < 1.29 is 19.5 Å². The lowest BCUT2D eigenvalue weighted by Gasteiger charge is -2.20. The number of hydrogen-bond donors (Lipinski definition) is 3. The molecular weight excluding hydrogens is 392 g/mol. The maximum absolute atomic E-state index is 12.8. The summed E-state index contributed by atoms with van der Waals surface area (Å²) < 4.78 is 5.76. The van der Waals surface area contributed by atoms with Gasteiger partial charge >= 0.3 is 5.97 Å². The zero-order valence-electron chi connectivity index (χ0n) is 17.6. The van der Waals surface area contributed by atoms with Crippen LogP contribution < -0.4 is 10.8 Å². The van der Waals surface area contributed by atoms with Crippen molar-refractivity contribution in [3.8, 4) is 0 Å². The first kappa shape index (κ1) is 22.7. The van der Waals surface area contributed by atoms with Crippen LogP contribution in [0.15, 0.2) is 60.7 Å². The van der Waals surface area contributed by atoms with Crippen LogP contribution in [0.1, 0.15) is 42.4 Å². The van der Waals surface area contributed by atoms with Crippen LogP contribution in [0.3, 0.4) is 0 Å². The maximum atomic E-state index is 12.8. The molecule has 164 valence electrons. The number of hydroxylamine groups is 1. The fourth-order valence-electron chi connectivity index (χ4n) is 3.74. The van der Waals surface area contributed by atoms with E-state index >= 15 is 0 Å². The van der Waals surface area contributed by atoms with E-state index in [0.717, 1.165) is 48.8 Å². The van der Waals surface area contributed by atoms with Crippen LogP contribution in [-0.4, -0.2) is 35.8 Å². The molecule has 0 heterocycles. The Hall–Kier alpha value is -2.96. The van der Waals surface area contributed by atoms with Gasteiger partial charge < -0.3 is 10.1 Å². The summed E-state index contributed by atoms with van der Waals surface area (Å²) in [4.78, 5) is 23.9. The lowest BCUT2D eigenvalue weighted by atomic mass is 10.0. The van der Waals surface area contributed by atoms with Crippen LogP contribution >= 0.6 is 0 Å². The molecule has 0 radical (unpaired) electrons. The molecule has 1 saturated carbocycles. The highest BCUT2D eigenvalue weighted by Crippen LogP contribution is 2.21. The van der Waals surface area contributed by atoms with Crippen molar-refractivity contribution in [1.82, 2.24) is 10.8 Å². The van der Waals surface area contributed by atoms with Crippen LogP contribution in [0.4, 0.5) is 0 Å². The van der Waals surface area contributed by atoms with Crippen LogP contribution in [-0.2, 0) is 27.2 Å². The van der Waals surface area contributed by atoms with Gasteiger partial charge in [0, 0.05) is 6.08 Å². The third-order valence-corrected chi connectivity index (χ3v) is 5.47. The second-order valence-corrected chi connectivity index (χ2v) is 7.84. The number of carbonyl (C=O) groups is 2. The Kier molecular flexibility index (Phi) is 8.82. The van der Waals surface area contributed by atoms with Gasteiger partial charge in [0.05, 0.1) is 0 Å². The smallest absolute Gasteiger partial charge is 0.323 e. The number of ether oxygens (including phenoxy) is 1. The molecule has 1 amide bonds. The van der Waals surface area contributed by atoms with Crippen molar-refractivity contribution in [1.29, 1.82) is 0 Å². The number of esters is 1. The van der Waals surface area contributed by atoms with E-state index in [4.69, 9.17) is 9.94 Å². The van der Waals surface area contributed by atoms with Gasteiger partial charge in [-0.25, -0.2) is 5.48 Å². The molecule has 0 spiro atoms. The number of benzene rings is 2. The molecule has 3 N–H and O–H groups in total. The standard InChI is InChI=1S/C25H30N2O4/c28-24(27-30)15-14-19-10-12-20(13-11-19)16-17-26-23(18-21-6-2-1-3-7-21)25(29)31-22-8-4-5-9-22/h1-3,6-7,10-15,22-23,26,30H,4-5,8-9,16-18H2,(H,27,28)/b15-14+/t23-/m0/s1. The first-order chi connectivity index (χ1) is 15.1. The molecule has 0 unspecified atom stereocenters. The van der Waals surface area contributed by atoms with Gasteiger partial charge in [-0.15, -0.1) is 0 Å². The molecule has 0 aromatic heterocycles. The van der Waals surface area contributed by atoms with Gasteiger partial charge in [-0.2, -0.15) is 0 Å². The average Bonchev–Trinajstić information content (AvgIpc) is 3.31. The highest BCUT2D eigenvalue weighted by atomic mass is 16.5. The topological polar surface area (TPSA) is 87.7 Å². The van der Waals surface area contributed by atoms with Crippen molar-refractivity contribution in [2.75, 3.05) is 6.54 Å². The summed E-state index contributed by atoms with van der Waals surface area (Å²) in [7, 11) is 0. The van der Waals surface area contributed by atoms with Gasteiger partial charge in [0.25, 0.3) is 5.91 Å². The fraction of sp³-hybridized carbons (Fsp3) is 0.360. The van der Waals surface area contributed by atoms with Crippen molar-refractivity contribution in [3.05, 3.63) is 77.4 Å². The van der Waals surface area contributed by atoms with Gasteiger partial charge in [0.2, 0.25) is 0 Å². The summed E-state index contributed by atoms with van der Waals surface area (Å²) in [5.74, 6) is -0.736. The molecule has 1 atom stereocenters. The Bertz CT molecular complexity index is 859. The van der Waals surface area contributed by atoms with Crippen molar-refractivity contribution >= 4 is 18.0 Å².